The third-order valence-electron chi connectivity index (χ3n) is 2.14. The smallest absolute Gasteiger partial charge is 1.00 e. The molecule has 0 aliphatic rings. The number of hydrogen-bond donors (Lipinski definition) is 0. The number of ether oxygens (including phenoxy) is 1. The van der Waals surface area contributed by atoms with Gasteiger partial charge < -0.3 is 6.16 Å². The molecule has 0 saturated heterocycles. The summed E-state index contributed by atoms with van der Waals surface area (Å²) in [5.74, 6) is -0.578. The van der Waals surface area contributed by atoms with Crippen molar-refractivity contribution in [2.24, 2.45) is 0 Å². The van der Waals surface area contributed by atoms with Crippen LogP contribution in [-0.4, -0.2) is 27.6 Å². The topological polar surface area (TPSA) is 69.7 Å². The molecule has 0 radical (unpaired) electrons. The molecule has 0 amide bonds. The van der Waals surface area contributed by atoms with Crippen molar-refractivity contribution in [1.29, 1.82) is 0 Å². The molecule has 21 heavy (non-hydrogen) atoms. The van der Waals surface area contributed by atoms with E-state index in [2.05, 4.69) is 10.8 Å². The Bertz CT molecular complexity index is 599. The molecular formula is C14H17NaO5S. The molecule has 0 aromatic heterocycles. The van der Waals surface area contributed by atoms with Gasteiger partial charge in [0.15, 0.2) is 0 Å². The summed E-state index contributed by atoms with van der Waals surface area (Å²) >= 11 is 0. The van der Waals surface area contributed by atoms with Crippen LogP contribution < -0.4 is 29.6 Å². The molecule has 110 valence electrons. The Kier molecular flexibility index (Phi) is 9.48. The van der Waals surface area contributed by atoms with Gasteiger partial charge in [0.25, 0.3) is 10.1 Å². The molecule has 0 aliphatic carbocycles. The fraction of sp³-hybridized carbons (Fsp3) is 0.214. The molecule has 0 bridgehead atoms. The molecule has 0 unspecified atom stereocenters. The Morgan fingerprint density at radius 1 is 1.29 bits per heavy atom. The van der Waals surface area contributed by atoms with Gasteiger partial charge in [-0.25, -0.2) is 4.79 Å². The number of rotatable bonds is 7. The van der Waals surface area contributed by atoms with E-state index in [1.54, 1.807) is 24.3 Å². The monoisotopic (exact) mass is 320 g/mol. The summed E-state index contributed by atoms with van der Waals surface area (Å²) in [7, 11) is -3.79. The Labute approximate surface area is 148 Å². The minimum atomic E-state index is -3.79. The summed E-state index contributed by atoms with van der Waals surface area (Å²) in [5, 5.41) is 0.961. The average molecular weight is 320 g/mol. The van der Waals surface area contributed by atoms with Crippen LogP contribution in [0.2, 0.25) is 0 Å². The quantitative estimate of drug-likeness (QED) is 0.217. The van der Waals surface area contributed by atoms with Crippen molar-refractivity contribution in [3.05, 3.63) is 53.5 Å². The van der Waals surface area contributed by atoms with E-state index in [1.165, 1.54) is 13.0 Å². The van der Waals surface area contributed by atoms with Crippen molar-refractivity contribution in [3.63, 3.8) is 0 Å². The van der Waals surface area contributed by atoms with E-state index in [-0.39, 0.29) is 49.8 Å². The summed E-state index contributed by atoms with van der Waals surface area (Å²) in [6.45, 7) is 4.52. The first-order chi connectivity index (χ1) is 9.41. The zero-order chi connectivity index (χ0) is 15.0. The molecule has 0 saturated carbocycles. The predicted molar refractivity (Wildman–Crippen MR) is 77.2 cm³/mol. The fourth-order valence-electron chi connectivity index (χ4n) is 1.17. The maximum atomic E-state index is 11.5. The molecule has 0 spiro atoms. The van der Waals surface area contributed by atoms with E-state index in [4.69, 9.17) is 4.74 Å². The van der Waals surface area contributed by atoms with Crippen molar-refractivity contribution in [3.8, 4) is 0 Å². The van der Waals surface area contributed by atoms with Crippen LogP contribution in [0, 0.1) is 0 Å². The minimum Gasteiger partial charge on any atom is -1.00 e. The van der Waals surface area contributed by atoms with Crippen molar-refractivity contribution in [2.45, 2.75) is 6.92 Å². The van der Waals surface area contributed by atoms with Gasteiger partial charge in [-0.05, 0) is 18.6 Å². The number of esters is 1. The number of carbonyl (C=O) groups excluding carboxylic acids is 1. The maximum Gasteiger partial charge on any atom is 1.00 e. The largest absolute Gasteiger partial charge is 1.00 e. The van der Waals surface area contributed by atoms with E-state index in [1.807, 2.05) is 6.07 Å². The van der Waals surface area contributed by atoms with Crippen LogP contribution in [0.4, 0.5) is 0 Å². The van der Waals surface area contributed by atoms with Gasteiger partial charge in [0.1, 0.15) is 13.2 Å². The zero-order valence-electron chi connectivity index (χ0n) is 13.1. The second-order valence-corrected chi connectivity index (χ2v) is 5.44. The van der Waals surface area contributed by atoms with Crippen molar-refractivity contribution < 1.29 is 53.1 Å². The second-order valence-electron chi connectivity index (χ2n) is 3.94. The molecule has 0 N–H and O–H groups in total. The molecule has 0 heterocycles. The summed E-state index contributed by atoms with van der Waals surface area (Å²) in [6.07, 6.45) is 1.43. The van der Waals surface area contributed by atoms with E-state index >= 15 is 0 Å². The molecule has 5 nitrogen and oxygen atoms in total. The normalized spacial score (nSPS) is 10.9. The first-order valence-electron chi connectivity index (χ1n) is 5.86. The molecule has 0 aliphatic heterocycles. The van der Waals surface area contributed by atoms with Gasteiger partial charge in [0.2, 0.25) is 0 Å². The van der Waals surface area contributed by atoms with Crippen LogP contribution in [-0.2, 0) is 23.8 Å². The Morgan fingerprint density at radius 3 is 2.48 bits per heavy atom. The first-order valence-corrected chi connectivity index (χ1v) is 7.33. The molecule has 0 atom stereocenters. The predicted octanol–water partition coefficient (Wildman–Crippen LogP) is -0.760. The summed E-state index contributed by atoms with van der Waals surface area (Å²) < 4.78 is 32.4. The Morgan fingerprint density at radius 2 is 1.90 bits per heavy atom. The van der Waals surface area contributed by atoms with E-state index in [9.17, 15) is 13.2 Å². The maximum absolute atomic E-state index is 11.5. The SMILES string of the molecule is C=C(C)C(=O)OCCOS(=O)(=O)C=Cc1ccccc1.[H-].[Na+]. The standard InChI is InChI=1S/C14H16O5S.Na.H/c1-12(2)14(15)18-9-10-19-20(16,17)11-8-13-6-4-3-5-7-13;;/h3-8,11H,1,9-10H2,2H3;;/q;+1;-1. The van der Waals surface area contributed by atoms with Gasteiger partial charge in [-0.3, -0.25) is 4.18 Å². The van der Waals surface area contributed by atoms with Gasteiger partial charge in [-0.1, -0.05) is 36.9 Å². The van der Waals surface area contributed by atoms with Crippen molar-refractivity contribution in [1.82, 2.24) is 0 Å². The molecule has 0 fully saturated rings. The third kappa shape index (κ3) is 8.85. The fourth-order valence-corrected chi connectivity index (χ4v) is 1.88. The van der Waals surface area contributed by atoms with Crippen molar-refractivity contribution >= 4 is 22.2 Å². The Hall–Kier alpha value is -0.920. The zero-order valence-corrected chi connectivity index (χ0v) is 14.9. The van der Waals surface area contributed by atoms with E-state index < -0.39 is 16.1 Å². The van der Waals surface area contributed by atoms with Crippen LogP contribution >= 0.6 is 0 Å². The van der Waals surface area contributed by atoms with Gasteiger partial charge in [0, 0.05) is 5.57 Å². The van der Waals surface area contributed by atoms with Crippen LogP contribution in [0.5, 0.6) is 0 Å². The molecule has 1 rings (SSSR count). The molecule has 1 aromatic rings. The number of carbonyl (C=O) groups is 1. The van der Waals surface area contributed by atoms with Crippen LogP contribution in [0.1, 0.15) is 13.9 Å². The first kappa shape index (κ1) is 20.1. The van der Waals surface area contributed by atoms with Crippen LogP contribution in [0.3, 0.4) is 0 Å². The summed E-state index contributed by atoms with van der Waals surface area (Å²) in [5.41, 5.74) is 0.991. The summed E-state index contributed by atoms with van der Waals surface area (Å²) in [6, 6.07) is 8.95. The number of hydrogen-bond acceptors (Lipinski definition) is 5. The number of benzene rings is 1. The second kappa shape index (κ2) is 9.92. The molecular weight excluding hydrogens is 303 g/mol. The van der Waals surface area contributed by atoms with E-state index in [0.717, 1.165) is 11.0 Å². The third-order valence-corrected chi connectivity index (χ3v) is 3.10. The van der Waals surface area contributed by atoms with Gasteiger partial charge in [-0.15, -0.1) is 0 Å². The minimum absolute atomic E-state index is 0. The summed E-state index contributed by atoms with van der Waals surface area (Å²) in [4.78, 5) is 11.0. The molecule has 7 heteroatoms. The van der Waals surface area contributed by atoms with Gasteiger partial charge >= 0.3 is 35.5 Å². The van der Waals surface area contributed by atoms with Gasteiger partial charge in [0.05, 0.1) is 5.41 Å². The van der Waals surface area contributed by atoms with Crippen molar-refractivity contribution in [2.75, 3.05) is 13.2 Å². The van der Waals surface area contributed by atoms with Crippen LogP contribution in [0.15, 0.2) is 47.9 Å². The Balaban J connectivity index is 0. The molecule has 1 aromatic carbocycles. The van der Waals surface area contributed by atoms with Crippen LogP contribution in [0.25, 0.3) is 6.08 Å². The van der Waals surface area contributed by atoms with Gasteiger partial charge in [-0.2, -0.15) is 8.42 Å². The van der Waals surface area contributed by atoms with E-state index in [0.29, 0.717) is 0 Å². The average Bonchev–Trinajstić information content (AvgIpc) is 2.42.